The summed E-state index contributed by atoms with van der Waals surface area (Å²) in [5.74, 6) is 0.869. The summed E-state index contributed by atoms with van der Waals surface area (Å²) < 4.78 is 0. The molecular weight excluding hydrogens is 198 g/mol. The molecule has 1 N–H and O–H groups in total. The molecule has 2 fully saturated rings. The Hall–Kier alpha value is -0.120. The Morgan fingerprint density at radius 2 is 1.81 bits per heavy atom. The first-order valence-electron chi connectivity index (χ1n) is 6.97. The molecule has 2 saturated heterocycles. The van der Waals surface area contributed by atoms with Crippen molar-refractivity contribution in [3.8, 4) is 0 Å². The number of nitrogens with zero attached hydrogens (tertiary/aromatic N) is 2. The average molecular weight is 225 g/mol. The Balaban J connectivity index is 1.68. The predicted molar refractivity (Wildman–Crippen MR) is 68.7 cm³/mol. The van der Waals surface area contributed by atoms with Crippen molar-refractivity contribution in [3.63, 3.8) is 0 Å². The van der Waals surface area contributed by atoms with Crippen molar-refractivity contribution in [1.82, 2.24) is 15.1 Å². The van der Waals surface area contributed by atoms with Gasteiger partial charge < -0.3 is 10.2 Å². The summed E-state index contributed by atoms with van der Waals surface area (Å²) in [5.41, 5.74) is 0. The van der Waals surface area contributed by atoms with Crippen LogP contribution in [0.5, 0.6) is 0 Å². The molecule has 2 heterocycles. The van der Waals surface area contributed by atoms with Crippen LogP contribution in [0.1, 0.15) is 26.7 Å². The van der Waals surface area contributed by atoms with Crippen molar-refractivity contribution in [3.05, 3.63) is 0 Å². The maximum absolute atomic E-state index is 3.63. The summed E-state index contributed by atoms with van der Waals surface area (Å²) in [5, 5.41) is 3.63. The molecule has 94 valence electrons. The molecule has 2 aliphatic rings. The van der Waals surface area contributed by atoms with Gasteiger partial charge in [-0.2, -0.15) is 0 Å². The summed E-state index contributed by atoms with van der Waals surface area (Å²) in [6.45, 7) is 13.5. The highest BCUT2D eigenvalue weighted by Gasteiger charge is 2.26. The van der Waals surface area contributed by atoms with Crippen LogP contribution in [-0.4, -0.2) is 61.7 Å². The van der Waals surface area contributed by atoms with Gasteiger partial charge in [0, 0.05) is 38.8 Å². The molecule has 0 aliphatic carbocycles. The van der Waals surface area contributed by atoms with Crippen molar-refractivity contribution in [2.75, 3.05) is 45.8 Å². The summed E-state index contributed by atoms with van der Waals surface area (Å²) in [7, 11) is 0. The van der Waals surface area contributed by atoms with Crippen molar-refractivity contribution < 1.29 is 0 Å². The van der Waals surface area contributed by atoms with E-state index in [1.165, 1.54) is 58.7 Å². The molecule has 0 radical (unpaired) electrons. The first-order valence-corrected chi connectivity index (χ1v) is 6.97. The first-order chi connectivity index (χ1) is 7.79. The second kappa shape index (κ2) is 5.99. The van der Waals surface area contributed by atoms with Crippen LogP contribution in [0.15, 0.2) is 0 Å². The molecule has 0 aromatic rings. The van der Waals surface area contributed by atoms with Crippen LogP contribution in [0.3, 0.4) is 0 Å². The van der Waals surface area contributed by atoms with Gasteiger partial charge in [-0.3, -0.25) is 4.90 Å². The molecule has 2 unspecified atom stereocenters. The molecule has 0 aromatic heterocycles. The minimum absolute atomic E-state index is 0.748. The number of nitrogens with one attached hydrogen (secondary N) is 1. The van der Waals surface area contributed by atoms with E-state index >= 15 is 0 Å². The van der Waals surface area contributed by atoms with Crippen LogP contribution in [0, 0.1) is 5.92 Å². The van der Waals surface area contributed by atoms with Gasteiger partial charge in [-0.05, 0) is 31.8 Å². The van der Waals surface area contributed by atoms with E-state index in [0.29, 0.717) is 0 Å². The number of rotatable bonds is 4. The van der Waals surface area contributed by atoms with E-state index in [9.17, 15) is 0 Å². The van der Waals surface area contributed by atoms with Gasteiger partial charge in [0.15, 0.2) is 0 Å². The van der Waals surface area contributed by atoms with Crippen LogP contribution in [0.25, 0.3) is 0 Å². The zero-order valence-electron chi connectivity index (χ0n) is 10.9. The van der Waals surface area contributed by atoms with Gasteiger partial charge >= 0.3 is 0 Å². The lowest BCUT2D eigenvalue weighted by molar-refractivity contribution is 0.121. The Morgan fingerprint density at radius 1 is 1.12 bits per heavy atom. The van der Waals surface area contributed by atoms with E-state index in [2.05, 4.69) is 29.0 Å². The Labute approximate surface area is 100 Å². The van der Waals surface area contributed by atoms with E-state index < -0.39 is 0 Å². The van der Waals surface area contributed by atoms with Crippen molar-refractivity contribution >= 4 is 0 Å². The van der Waals surface area contributed by atoms with Gasteiger partial charge in [0.2, 0.25) is 0 Å². The van der Waals surface area contributed by atoms with E-state index in [1.54, 1.807) is 0 Å². The molecule has 2 rings (SSSR count). The highest BCUT2D eigenvalue weighted by Crippen LogP contribution is 2.16. The van der Waals surface area contributed by atoms with E-state index in [0.717, 1.165) is 12.0 Å². The fourth-order valence-electron chi connectivity index (χ4n) is 2.93. The molecular formula is C13H27N3. The highest BCUT2D eigenvalue weighted by atomic mass is 15.3. The molecule has 0 saturated carbocycles. The van der Waals surface area contributed by atoms with Gasteiger partial charge in [-0.15, -0.1) is 0 Å². The summed E-state index contributed by atoms with van der Waals surface area (Å²) in [6.07, 6.45) is 2.65. The van der Waals surface area contributed by atoms with Crippen molar-refractivity contribution in [1.29, 1.82) is 0 Å². The van der Waals surface area contributed by atoms with Crippen LogP contribution in [0.4, 0.5) is 0 Å². The first kappa shape index (κ1) is 12.3. The Bertz CT molecular complexity index is 199. The largest absolute Gasteiger partial charge is 0.312 e. The van der Waals surface area contributed by atoms with Gasteiger partial charge in [0.25, 0.3) is 0 Å². The van der Waals surface area contributed by atoms with E-state index in [-0.39, 0.29) is 0 Å². The van der Waals surface area contributed by atoms with Gasteiger partial charge in [-0.1, -0.05) is 13.8 Å². The average Bonchev–Trinajstić information content (AvgIpc) is 2.68. The molecule has 0 spiro atoms. The smallest absolute Gasteiger partial charge is 0.0221 e. The SMILES string of the molecule is CCCN1CCN(CC2NCCC2C)CC1. The fourth-order valence-corrected chi connectivity index (χ4v) is 2.93. The minimum Gasteiger partial charge on any atom is -0.312 e. The summed E-state index contributed by atoms with van der Waals surface area (Å²) in [4.78, 5) is 5.24. The monoisotopic (exact) mass is 225 g/mol. The molecule has 2 atom stereocenters. The molecule has 2 aliphatic heterocycles. The van der Waals surface area contributed by atoms with Crippen LogP contribution in [-0.2, 0) is 0 Å². The highest BCUT2D eigenvalue weighted by molar-refractivity contribution is 4.85. The lowest BCUT2D eigenvalue weighted by atomic mass is 10.0. The summed E-state index contributed by atoms with van der Waals surface area (Å²) >= 11 is 0. The quantitative estimate of drug-likeness (QED) is 0.770. The number of hydrogen-bond donors (Lipinski definition) is 1. The molecule has 3 heteroatoms. The van der Waals surface area contributed by atoms with Crippen LogP contribution >= 0.6 is 0 Å². The summed E-state index contributed by atoms with van der Waals surface area (Å²) in [6, 6.07) is 0.748. The molecule has 0 amide bonds. The lowest BCUT2D eigenvalue weighted by Crippen LogP contribution is -2.50. The van der Waals surface area contributed by atoms with Crippen molar-refractivity contribution in [2.24, 2.45) is 5.92 Å². The third kappa shape index (κ3) is 3.19. The topological polar surface area (TPSA) is 18.5 Å². The predicted octanol–water partition coefficient (Wildman–Crippen LogP) is 1.01. The zero-order valence-corrected chi connectivity index (χ0v) is 10.9. The van der Waals surface area contributed by atoms with Crippen LogP contribution < -0.4 is 5.32 Å². The maximum atomic E-state index is 3.63. The number of piperazine rings is 1. The normalized spacial score (nSPS) is 33.4. The second-order valence-corrected chi connectivity index (χ2v) is 5.47. The van der Waals surface area contributed by atoms with Gasteiger partial charge in [0.1, 0.15) is 0 Å². The third-order valence-electron chi connectivity index (χ3n) is 4.15. The number of hydrogen-bond acceptors (Lipinski definition) is 3. The lowest BCUT2D eigenvalue weighted by Gasteiger charge is -2.36. The zero-order chi connectivity index (χ0) is 11.4. The van der Waals surface area contributed by atoms with Crippen molar-refractivity contribution in [2.45, 2.75) is 32.7 Å². The van der Waals surface area contributed by atoms with E-state index in [1.807, 2.05) is 0 Å². The molecule has 0 aromatic carbocycles. The van der Waals surface area contributed by atoms with Gasteiger partial charge in [-0.25, -0.2) is 0 Å². The minimum atomic E-state index is 0.748. The maximum Gasteiger partial charge on any atom is 0.0221 e. The van der Waals surface area contributed by atoms with Gasteiger partial charge in [0.05, 0.1) is 0 Å². The fraction of sp³-hybridized carbons (Fsp3) is 1.00. The second-order valence-electron chi connectivity index (χ2n) is 5.47. The molecule has 3 nitrogen and oxygen atoms in total. The van der Waals surface area contributed by atoms with E-state index in [4.69, 9.17) is 0 Å². The molecule has 16 heavy (non-hydrogen) atoms. The Morgan fingerprint density at radius 3 is 2.38 bits per heavy atom. The Kier molecular flexibility index (Phi) is 4.62. The molecule has 0 bridgehead atoms. The third-order valence-corrected chi connectivity index (χ3v) is 4.15. The van der Waals surface area contributed by atoms with Crippen LogP contribution in [0.2, 0.25) is 0 Å². The standard InChI is InChI=1S/C13H27N3/c1-3-6-15-7-9-16(10-8-15)11-13-12(2)4-5-14-13/h12-14H,3-11H2,1-2H3.